The Bertz CT molecular complexity index is 1860. The SMILES string of the molecule is CCCCCCCCCCCCN(C)C(=O)CC1=C2CC(C)C(=CC3=C(C)/C(=C\O)C(=N3)C=C3N=C(C=C4N=C1C(C(=O)OC)=C4C)C(CC)=C3C)N2. The molecule has 1 fully saturated rings. The van der Waals surface area contributed by atoms with E-state index in [0.717, 1.165) is 70.7 Å². The molecular formula is C44H59N5O4. The summed E-state index contributed by atoms with van der Waals surface area (Å²) < 4.78 is 5.33. The zero-order valence-electron chi connectivity index (χ0n) is 33.2. The van der Waals surface area contributed by atoms with E-state index in [1.54, 1.807) is 0 Å². The maximum atomic E-state index is 14.0. The van der Waals surface area contributed by atoms with Gasteiger partial charge in [-0.15, -0.1) is 0 Å². The molecule has 53 heavy (non-hydrogen) atoms. The number of methoxy groups -OCH3 is 1. The molecule has 0 aromatic carbocycles. The molecular weight excluding hydrogens is 663 g/mol. The number of rotatable bonds is 15. The van der Waals surface area contributed by atoms with E-state index in [1.165, 1.54) is 58.5 Å². The van der Waals surface area contributed by atoms with Crippen molar-refractivity contribution < 1.29 is 19.4 Å². The number of aliphatic hydroxyl groups is 1. The number of hydrogen-bond acceptors (Lipinski definition) is 8. The van der Waals surface area contributed by atoms with Gasteiger partial charge in [-0.3, -0.25) is 4.79 Å². The first kappa shape index (κ1) is 39.7. The van der Waals surface area contributed by atoms with E-state index in [0.29, 0.717) is 52.4 Å². The Morgan fingerprint density at radius 1 is 0.868 bits per heavy atom. The quantitative estimate of drug-likeness (QED) is 0.0993. The zero-order chi connectivity index (χ0) is 38.2. The molecule has 5 rings (SSSR count). The zero-order valence-corrected chi connectivity index (χ0v) is 33.2. The van der Waals surface area contributed by atoms with Crippen LogP contribution in [0.5, 0.6) is 0 Å². The number of fused-ring (bicyclic) bond motifs is 5. The lowest BCUT2D eigenvalue weighted by molar-refractivity contribution is -0.135. The van der Waals surface area contributed by atoms with Crippen LogP contribution in [0.1, 0.15) is 125 Å². The lowest BCUT2D eigenvalue weighted by atomic mass is 9.93. The molecule has 1 unspecified atom stereocenters. The molecule has 2 N–H and O–H groups in total. The van der Waals surface area contributed by atoms with Gasteiger partial charge in [0.25, 0.3) is 0 Å². The molecule has 0 aromatic rings. The van der Waals surface area contributed by atoms with Crippen LogP contribution in [-0.2, 0) is 14.3 Å². The van der Waals surface area contributed by atoms with E-state index in [4.69, 9.17) is 19.7 Å². The Morgan fingerprint density at radius 2 is 1.51 bits per heavy atom. The predicted molar refractivity (Wildman–Crippen MR) is 216 cm³/mol. The van der Waals surface area contributed by atoms with Crippen LogP contribution in [0.15, 0.2) is 107 Å². The maximum absolute atomic E-state index is 14.0. The van der Waals surface area contributed by atoms with E-state index in [2.05, 4.69) is 26.1 Å². The summed E-state index contributed by atoms with van der Waals surface area (Å²) in [7, 11) is 3.26. The second-order valence-corrected chi connectivity index (χ2v) is 15.0. The minimum Gasteiger partial charge on any atom is -0.515 e. The van der Waals surface area contributed by atoms with Crippen LogP contribution in [0.2, 0.25) is 0 Å². The van der Waals surface area contributed by atoms with Crippen LogP contribution >= 0.6 is 0 Å². The van der Waals surface area contributed by atoms with Gasteiger partial charge in [0.1, 0.15) is 0 Å². The first-order valence-corrected chi connectivity index (χ1v) is 19.7. The van der Waals surface area contributed by atoms with Gasteiger partial charge in [-0.25, -0.2) is 19.8 Å². The molecule has 0 aromatic heterocycles. The Morgan fingerprint density at radius 3 is 2.15 bits per heavy atom. The Kier molecular flexibility index (Phi) is 13.5. The van der Waals surface area contributed by atoms with Crippen molar-refractivity contribution in [2.45, 2.75) is 125 Å². The van der Waals surface area contributed by atoms with Crippen LogP contribution in [-0.4, -0.2) is 59.7 Å². The van der Waals surface area contributed by atoms with Crippen molar-refractivity contribution in [3.8, 4) is 0 Å². The standard InChI is InChI=1S/C44H59N5O4/c1-9-11-12-13-14-15-16-17-18-19-20-49(7)41(51)22-32-38-21-27(3)34(45-38)23-35-29(5)33(26-50)40(47-35)24-36-28(4)31(10-2)39(46-36)25-37-30(6)42(43(32)48-37)44(52)53-8/h23-27,45,50H,9-22H2,1-8H3/b33-26+,34-23?,36-24?,37-25?,38-32?. The van der Waals surface area contributed by atoms with Crippen molar-refractivity contribution >= 4 is 29.0 Å². The molecule has 1 amide bonds. The first-order chi connectivity index (χ1) is 25.5. The van der Waals surface area contributed by atoms with Gasteiger partial charge in [-0.2, -0.15) is 0 Å². The molecule has 9 nitrogen and oxygen atoms in total. The number of esters is 1. The Hall–Kier alpha value is -4.53. The predicted octanol–water partition coefficient (Wildman–Crippen LogP) is 9.60. The number of carbonyl (C=O) groups is 2. The fraction of sp³-hybridized carbons (Fsp3) is 0.523. The largest absolute Gasteiger partial charge is 0.515 e. The van der Waals surface area contributed by atoms with Crippen molar-refractivity contribution in [1.29, 1.82) is 0 Å². The highest BCUT2D eigenvalue weighted by Gasteiger charge is 2.36. The van der Waals surface area contributed by atoms with Gasteiger partial charge in [0.2, 0.25) is 5.91 Å². The number of carbonyl (C=O) groups excluding carboxylic acids is 2. The summed E-state index contributed by atoms with van der Waals surface area (Å²) in [5, 5.41) is 13.9. The van der Waals surface area contributed by atoms with Crippen molar-refractivity contribution in [3.63, 3.8) is 0 Å². The van der Waals surface area contributed by atoms with E-state index in [-0.39, 0.29) is 18.2 Å². The van der Waals surface area contributed by atoms with Crippen LogP contribution in [0.4, 0.5) is 0 Å². The van der Waals surface area contributed by atoms with E-state index < -0.39 is 5.97 Å². The molecule has 0 radical (unpaired) electrons. The highest BCUT2D eigenvalue weighted by Crippen LogP contribution is 2.39. The highest BCUT2D eigenvalue weighted by atomic mass is 16.5. The minimum absolute atomic E-state index is 0.0187. The molecule has 8 bridgehead atoms. The third-order valence-electron chi connectivity index (χ3n) is 11.2. The number of aliphatic hydroxyl groups excluding tert-OH is 1. The molecule has 9 heteroatoms. The maximum Gasteiger partial charge on any atom is 0.340 e. The van der Waals surface area contributed by atoms with Crippen LogP contribution < -0.4 is 5.32 Å². The smallest absolute Gasteiger partial charge is 0.340 e. The summed E-state index contributed by atoms with van der Waals surface area (Å²) in [6.07, 6.45) is 20.9. The fourth-order valence-corrected chi connectivity index (χ4v) is 7.76. The molecule has 5 aliphatic heterocycles. The second-order valence-electron chi connectivity index (χ2n) is 15.0. The van der Waals surface area contributed by atoms with Crippen LogP contribution in [0.25, 0.3) is 0 Å². The van der Waals surface area contributed by atoms with Gasteiger partial charge in [0.05, 0.1) is 59.6 Å². The summed E-state index contributed by atoms with van der Waals surface area (Å²) in [6.45, 7) is 13.0. The van der Waals surface area contributed by atoms with Gasteiger partial charge < -0.3 is 20.1 Å². The van der Waals surface area contributed by atoms with Crippen LogP contribution in [0.3, 0.4) is 0 Å². The summed E-state index contributed by atoms with van der Waals surface area (Å²) in [4.78, 5) is 44.5. The monoisotopic (exact) mass is 721 g/mol. The number of unbranched alkanes of at least 4 members (excludes halogenated alkanes) is 9. The van der Waals surface area contributed by atoms with Gasteiger partial charge in [0, 0.05) is 42.1 Å². The normalized spacial score (nSPS) is 20.5. The summed E-state index contributed by atoms with van der Waals surface area (Å²) in [5.41, 5.74) is 11.2. The number of nitrogens with zero attached hydrogens (tertiary/aromatic N) is 4. The van der Waals surface area contributed by atoms with Gasteiger partial charge >= 0.3 is 5.97 Å². The molecule has 0 aliphatic carbocycles. The average Bonchev–Trinajstić information content (AvgIpc) is 3.85. The number of allylic oxidation sites excluding steroid dienone is 10. The fourth-order valence-electron chi connectivity index (χ4n) is 7.76. The van der Waals surface area contributed by atoms with Gasteiger partial charge in [0.15, 0.2) is 0 Å². The van der Waals surface area contributed by atoms with Crippen LogP contribution in [0, 0.1) is 5.92 Å². The summed E-state index contributed by atoms with van der Waals surface area (Å²) in [5.74, 6) is -0.423. The van der Waals surface area contributed by atoms with Crippen molar-refractivity contribution in [2.24, 2.45) is 20.9 Å². The minimum atomic E-state index is -0.485. The molecule has 1 saturated heterocycles. The molecule has 5 heterocycles. The number of nitrogens with one attached hydrogen (secondary N) is 1. The third-order valence-corrected chi connectivity index (χ3v) is 11.2. The lowest BCUT2D eigenvalue weighted by Gasteiger charge is -2.20. The van der Waals surface area contributed by atoms with Crippen molar-refractivity contribution in [2.75, 3.05) is 20.7 Å². The van der Waals surface area contributed by atoms with E-state index >= 15 is 0 Å². The third kappa shape index (κ3) is 8.82. The number of aliphatic imine (C=N–C) groups is 3. The number of hydrogen-bond donors (Lipinski definition) is 2. The average molecular weight is 722 g/mol. The van der Waals surface area contributed by atoms with Gasteiger partial charge in [-0.1, -0.05) is 78.6 Å². The van der Waals surface area contributed by atoms with E-state index in [1.807, 2.05) is 50.9 Å². The molecule has 0 saturated carbocycles. The molecule has 0 spiro atoms. The van der Waals surface area contributed by atoms with Crippen molar-refractivity contribution in [3.05, 3.63) is 92.0 Å². The van der Waals surface area contributed by atoms with Crippen molar-refractivity contribution in [1.82, 2.24) is 10.2 Å². The Balaban J connectivity index is 1.50. The summed E-state index contributed by atoms with van der Waals surface area (Å²) in [6, 6.07) is 0. The molecule has 1 atom stereocenters. The topological polar surface area (TPSA) is 116 Å². The van der Waals surface area contributed by atoms with E-state index in [9.17, 15) is 14.7 Å². The summed E-state index contributed by atoms with van der Waals surface area (Å²) >= 11 is 0. The highest BCUT2D eigenvalue weighted by molar-refractivity contribution is 6.31. The second kappa shape index (κ2) is 18.0. The number of ether oxygens (including phenoxy) is 1. The lowest BCUT2D eigenvalue weighted by Crippen LogP contribution is -2.30. The Labute approximate surface area is 316 Å². The molecule has 284 valence electrons. The number of amides is 1. The van der Waals surface area contributed by atoms with Gasteiger partial charge in [-0.05, 0) is 80.6 Å². The molecule has 5 aliphatic rings. The first-order valence-electron chi connectivity index (χ1n) is 19.7.